The van der Waals surface area contributed by atoms with Crippen LogP contribution in [-0.4, -0.2) is 38.9 Å². The van der Waals surface area contributed by atoms with Crippen LogP contribution in [0.25, 0.3) is 0 Å². The minimum absolute atomic E-state index is 0.304. The molecule has 2 atom stereocenters. The second kappa shape index (κ2) is 6.84. The van der Waals surface area contributed by atoms with E-state index in [0.717, 1.165) is 12.8 Å². The molecule has 0 saturated carbocycles. The molecule has 0 spiro atoms. The van der Waals surface area contributed by atoms with E-state index in [1.165, 1.54) is 0 Å². The summed E-state index contributed by atoms with van der Waals surface area (Å²) in [6.45, 7) is 8.50. The van der Waals surface area contributed by atoms with Gasteiger partial charge < -0.3 is 5.73 Å². The SMILES string of the molecule is CC(C)C(C)CNS(=O)(=O)N1CCCC(CN)C1. The molecule has 0 amide bonds. The molecule has 3 N–H and O–H groups in total. The number of piperidine rings is 1. The number of nitrogens with one attached hydrogen (secondary N) is 1. The van der Waals surface area contributed by atoms with Gasteiger partial charge >= 0.3 is 0 Å². The molecule has 1 rings (SSSR count). The van der Waals surface area contributed by atoms with Crippen molar-refractivity contribution in [3.05, 3.63) is 0 Å². The zero-order chi connectivity index (χ0) is 13.8. The van der Waals surface area contributed by atoms with Gasteiger partial charge in [-0.25, -0.2) is 4.72 Å². The first kappa shape index (κ1) is 15.9. The third-order valence-corrected chi connectivity index (χ3v) is 5.42. The van der Waals surface area contributed by atoms with Gasteiger partial charge in [0.05, 0.1) is 0 Å². The van der Waals surface area contributed by atoms with Crippen LogP contribution in [0.1, 0.15) is 33.6 Å². The number of rotatable bonds is 6. The number of hydrogen-bond acceptors (Lipinski definition) is 3. The van der Waals surface area contributed by atoms with Gasteiger partial charge in [-0.3, -0.25) is 0 Å². The van der Waals surface area contributed by atoms with Crippen LogP contribution in [-0.2, 0) is 10.2 Å². The van der Waals surface area contributed by atoms with Gasteiger partial charge in [-0.05, 0) is 37.1 Å². The molecular weight excluding hydrogens is 250 g/mol. The Morgan fingerprint density at radius 2 is 2.06 bits per heavy atom. The third kappa shape index (κ3) is 4.50. The molecule has 6 heteroatoms. The lowest BCUT2D eigenvalue weighted by molar-refractivity contribution is 0.267. The Kier molecular flexibility index (Phi) is 6.04. The standard InChI is InChI=1S/C12H27N3O2S/c1-10(2)11(3)8-14-18(16,17)15-6-4-5-12(7-13)9-15/h10-12,14H,4-9,13H2,1-3H3. The third-order valence-electron chi connectivity index (χ3n) is 3.88. The molecule has 108 valence electrons. The maximum atomic E-state index is 12.1. The van der Waals surface area contributed by atoms with E-state index in [4.69, 9.17) is 5.73 Å². The van der Waals surface area contributed by atoms with Crippen molar-refractivity contribution >= 4 is 10.2 Å². The Balaban J connectivity index is 2.52. The molecule has 1 fully saturated rings. The Morgan fingerprint density at radius 1 is 1.39 bits per heavy atom. The molecule has 0 aromatic carbocycles. The van der Waals surface area contributed by atoms with Gasteiger partial charge in [-0.1, -0.05) is 20.8 Å². The molecule has 1 aliphatic rings. The zero-order valence-corrected chi connectivity index (χ0v) is 12.5. The van der Waals surface area contributed by atoms with Gasteiger partial charge in [-0.15, -0.1) is 0 Å². The van der Waals surface area contributed by atoms with Crippen molar-refractivity contribution < 1.29 is 8.42 Å². The van der Waals surface area contributed by atoms with Crippen molar-refractivity contribution in [2.75, 3.05) is 26.2 Å². The summed E-state index contributed by atoms with van der Waals surface area (Å²) in [7, 11) is -3.33. The van der Waals surface area contributed by atoms with Crippen molar-refractivity contribution in [3.63, 3.8) is 0 Å². The first-order chi connectivity index (χ1) is 8.36. The Labute approximate surface area is 111 Å². The van der Waals surface area contributed by atoms with Gasteiger partial charge in [0.2, 0.25) is 0 Å². The van der Waals surface area contributed by atoms with E-state index in [0.29, 0.717) is 43.9 Å². The van der Waals surface area contributed by atoms with Crippen molar-refractivity contribution in [1.82, 2.24) is 9.03 Å². The van der Waals surface area contributed by atoms with Gasteiger partial charge in [0, 0.05) is 19.6 Å². The van der Waals surface area contributed by atoms with Crippen molar-refractivity contribution in [2.45, 2.75) is 33.6 Å². The van der Waals surface area contributed by atoms with E-state index in [9.17, 15) is 8.42 Å². The summed E-state index contributed by atoms with van der Waals surface area (Å²) in [5.74, 6) is 1.12. The molecule has 2 unspecified atom stereocenters. The highest BCUT2D eigenvalue weighted by Crippen LogP contribution is 2.18. The molecule has 0 aliphatic carbocycles. The first-order valence-electron chi connectivity index (χ1n) is 6.81. The van der Waals surface area contributed by atoms with Crippen LogP contribution in [0.5, 0.6) is 0 Å². The van der Waals surface area contributed by atoms with Crippen molar-refractivity contribution in [1.29, 1.82) is 0 Å². The quantitative estimate of drug-likeness (QED) is 0.753. The Hall–Kier alpha value is -0.170. The lowest BCUT2D eigenvalue weighted by Gasteiger charge is -2.31. The Bertz CT molecular complexity index is 343. The van der Waals surface area contributed by atoms with E-state index in [2.05, 4.69) is 25.5 Å². The van der Waals surface area contributed by atoms with Gasteiger partial charge in [0.1, 0.15) is 0 Å². The maximum absolute atomic E-state index is 12.1. The van der Waals surface area contributed by atoms with Gasteiger partial charge in [0.25, 0.3) is 10.2 Å². The summed E-state index contributed by atoms with van der Waals surface area (Å²) in [6.07, 6.45) is 1.94. The van der Waals surface area contributed by atoms with Crippen LogP contribution in [0, 0.1) is 17.8 Å². The van der Waals surface area contributed by atoms with E-state index in [1.807, 2.05) is 0 Å². The predicted molar refractivity (Wildman–Crippen MR) is 74.3 cm³/mol. The van der Waals surface area contributed by atoms with E-state index in [-0.39, 0.29) is 0 Å². The highest BCUT2D eigenvalue weighted by Gasteiger charge is 2.28. The average molecular weight is 277 g/mol. The van der Waals surface area contributed by atoms with Crippen molar-refractivity contribution in [2.24, 2.45) is 23.5 Å². The average Bonchev–Trinajstić information content (AvgIpc) is 2.36. The topological polar surface area (TPSA) is 75.4 Å². The van der Waals surface area contributed by atoms with Crippen molar-refractivity contribution in [3.8, 4) is 0 Å². The summed E-state index contributed by atoms with van der Waals surface area (Å²) < 4.78 is 28.6. The normalized spacial score (nSPS) is 24.4. The zero-order valence-electron chi connectivity index (χ0n) is 11.7. The molecule has 0 bridgehead atoms. The minimum atomic E-state index is -3.33. The molecule has 1 aliphatic heterocycles. The molecule has 1 saturated heterocycles. The highest BCUT2D eigenvalue weighted by molar-refractivity contribution is 7.87. The molecule has 18 heavy (non-hydrogen) atoms. The van der Waals surface area contributed by atoms with E-state index < -0.39 is 10.2 Å². The fourth-order valence-corrected chi connectivity index (χ4v) is 3.43. The van der Waals surface area contributed by atoms with E-state index in [1.54, 1.807) is 4.31 Å². The smallest absolute Gasteiger partial charge is 0.279 e. The second-order valence-corrected chi connectivity index (χ2v) is 7.43. The molecule has 5 nitrogen and oxygen atoms in total. The van der Waals surface area contributed by atoms with Crippen LogP contribution in [0.3, 0.4) is 0 Å². The molecule has 1 heterocycles. The van der Waals surface area contributed by atoms with Crippen LogP contribution in [0.4, 0.5) is 0 Å². The van der Waals surface area contributed by atoms with Crippen LogP contribution in [0.15, 0.2) is 0 Å². The number of hydrogen-bond donors (Lipinski definition) is 2. The molecular formula is C12H27N3O2S. The molecule has 0 aromatic rings. The van der Waals surface area contributed by atoms with Crippen LogP contribution in [0.2, 0.25) is 0 Å². The highest BCUT2D eigenvalue weighted by atomic mass is 32.2. The van der Waals surface area contributed by atoms with Crippen LogP contribution >= 0.6 is 0 Å². The van der Waals surface area contributed by atoms with Gasteiger partial charge in [-0.2, -0.15) is 12.7 Å². The summed E-state index contributed by atoms with van der Waals surface area (Å²) in [5, 5.41) is 0. The Morgan fingerprint density at radius 3 is 2.61 bits per heavy atom. The lowest BCUT2D eigenvalue weighted by Crippen LogP contribution is -2.48. The predicted octanol–water partition coefficient (Wildman–Crippen LogP) is 0.784. The van der Waals surface area contributed by atoms with Crippen LogP contribution < -0.4 is 10.5 Å². The monoisotopic (exact) mass is 277 g/mol. The fourth-order valence-electron chi connectivity index (χ4n) is 2.00. The number of nitrogens with two attached hydrogens (primary N) is 1. The number of nitrogens with zero attached hydrogens (tertiary/aromatic N) is 1. The minimum Gasteiger partial charge on any atom is -0.330 e. The van der Waals surface area contributed by atoms with Gasteiger partial charge in [0.15, 0.2) is 0 Å². The largest absolute Gasteiger partial charge is 0.330 e. The summed E-state index contributed by atoms with van der Waals surface area (Å²) in [4.78, 5) is 0. The summed E-state index contributed by atoms with van der Waals surface area (Å²) in [6, 6.07) is 0. The fraction of sp³-hybridized carbons (Fsp3) is 1.00. The summed E-state index contributed by atoms with van der Waals surface area (Å²) >= 11 is 0. The van der Waals surface area contributed by atoms with E-state index >= 15 is 0 Å². The second-order valence-electron chi connectivity index (χ2n) is 5.68. The lowest BCUT2D eigenvalue weighted by atomic mass is 9.99. The molecule has 0 aromatic heterocycles. The maximum Gasteiger partial charge on any atom is 0.279 e. The summed E-state index contributed by atoms with van der Waals surface area (Å²) in [5.41, 5.74) is 5.63. The first-order valence-corrected chi connectivity index (χ1v) is 8.25. The molecule has 0 radical (unpaired) electrons.